The van der Waals surface area contributed by atoms with Crippen molar-refractivity contribution in [1.82, 2.24) is 9.97 Å². The molecule has 4 rings (SSSR count). The molecule has 5 heteroatoms. The van der Waals surface area contributed by atoms with E-state index in [9.17, 15) is 9.90 Å². The van der Waals surface area contributed by atoms with Gasteiger partial charge in [0.05, 0.1) is 5.56 Å². The summed E-state index contributed by atoms with van der Waals surface area (Å²) in [4.78, 5) is 22.1. The Bertz CT molecular complexity index is 1140. The van der Waals surface area contributed by atoms with Crippen LogP contribution >= 0.6 is 0 Å². The maximum Gasteiger partial charge on any atom is 0.258 e. The van der Waals surface area contributed by atoms with Crippen LogP contribution in [0.15, 0.2) is 64.5 Å². The first-order valence-electron chi connectivity index (χ1n) is 8.13. The lowest BCUT2D eigenvalue weighted by atomic mass is 10.1. The van der Waals surface area contributed by atoms with E-state index in [1.807, 2.05) is 36.5 Å². The first-order valence-corrected chi connectivity index (χ1v) is 8.13. The lowest BCUT2D eigenvalue weighted by Crippen LogP contribution is -2.08. The molecule has 0 atom stereocenters. The van der Waals surface area contributed by atoms with Crippen LogP contribution in [-0.4, -0.2) is 27.8 Å². The number of benzene rings is 2. The van der Waals surface area contributed by atoms with Gasteiger partial charge in [-0.15, -0.1) is 0 Å². The Balaban J connectivity index is 1.58. The summed E-state index contributed by atoms with van der Waals surface area (Å²) < 4.78 is 0. The van der Waals surface area contributed by atoms with Gasteiger partial charge in [-0.3, -0.25) is 14.8 Å². The Morgan fingerprint density at radius 3 is 2.56 bits per heavy atom. The number of aliphatic imine (C=N–C) groups is 1. The first kappa shape index (κ1) is 15.2. The van der Waals surface area contributed by atoms with Crippen LogP contribution < -0.4 is 5.56 Å². The monoisotopic (exact) mass is 331 g/mol. The number of aromatic amines is 2. The minimum Gasteiger partial charge on any atom is -0.494 e. The molecule has 0 amide bonds. The van der Waals surface area contributed by atoms with Gasteiger partial charge in [0.25, 0.3) is 5.56 Å². The summed E-state index contributed by atoms with van der Waals surface area (Å²) in [6, 6.07) is 15.3. The molecule has 2 aromatic heterocycles. The zero-order valence-corrected chi connectivity index (χ0v) is 13.5. The zero-order chi connectivity index (χ0) is 17.2. The van der Waals surface area contributed by atoms with Gasteiger partial charge in [0, 0.05) is 40.6 Å². The molecule has 4 aromatic rings. The molecule has 25 heavy (non-hydrogen) atoms. The van der Waals surface area contributed by atoms with Crippen LogP contribution in [0.4, 0.5) is 0 Å². The Morgan fingerprint density at radius 1 is 1.00 bits per heavy atom. The Kier molecular flexibility index (Phi) is 3.82. The topological polar surface area (TPSA) is 81.2 Å². The molecule has 0 unspecified atom stereocenters. The number of pyridine rings is 1. The average molecular weight is 331 g/mol. The number of fused-ring (bicyclic) bond motifs is 2. The molecule has 0 aliphatic carbocycles. The molecule has 0 spiro atoms. The van der Waals surface area contributed by atoms with E-state index in [0.717, 1.165) is 11.9 Å². The molecule has 3 N–H and O–H groups in total. The number of aromatic nitrogens is 2. The highest BCUT2D eigenvalue weighted by Gasteiger charge is 2.08. The summed E-state index contributed by atoms with van der Waals surface area (Å²) in [6.07, 6.45) is 4.43. The van der Waals surface area contributed by atoms with Crippen molar-refractivity contribution in [1.29, 1.82) is 0 Å². The highest BCUT2D eigenvalue weighted by Crippen LogP contribution is 2.21. The van der Waals surface area contributed by atoms with Crippen molar-refractivity contribution in [2.45, 2.75) is 6.42 Å². The van der Waals surface area contributed by atoms with E-state index in [2.05, 4.69) is 21.0 Å². The standard InChI is InChI=1S/C20H17N3O2/c24-19-16-7-2-1-6-15(16)17(20(25)23-19)12-21-10-9-13-11-22-18-8-4-3-5-14(13)18/h1-8,11-12,22H,9-10H2,(H2,23,24,25). The highest BCUT2D eigenvalue weighted by molar-refractivity contribution is 6.01. The van der Waals surface area contributed by atoms with Crippen molar-refractivity contribution in [3.05, 3.63) is 76.2 Å². The van der Waals surface area contributed by atoms with Gasteiger partial charge >= 0.3 is 0 Å². The Morgan fingerprint density at radius 2 is 1.72 bits per heavy atom. The highest BCUT2D eigenvalue weighted by atomic mass is 16.3. The predicted octanol–water partition coefficient (Wildman–Crippen LogP) is 3.38. The van der Waals surface area contributed by atoms with Gasteiger partial charge in [0.15, 0.2) is 0 Å². The minimum atomic E-state index is -0.302. The molecule has 2 aromatic carbocycles. The fraction of sp³-hybridized carbons (Fsp3) is 0.100. The van der Waals surface area contributed by atoms with E-state index in [1.54, 1.807) is 18.3 Å². The minimum absolute atomic E-state index is 0.153. The fourth-order valence-corrected chi connectivity index (χ4v) is 3.10. The largest absolute Gasteiger partial charge is 0.494 e. The second-order valence-electron chi connectivity index (χ2n) is 5.91. The normalized spacial score (nSPS) is 11.7. The fourth-order valence-electron chi connectivity index (χ4n) is 3.10. The number of rotatable bonds is 4. The zero-order valence-electron chi connectivity index (χ0n) is 13.5. The summed E-state index contributed by atoms with van der Waals surface area (Å²) in [6.45, 7) is 0.592. The third-order valence-corrected chi connectivity index (χ3v) is 4.35. The number of hydrogen-bond acceptors (Lipinski definition) is 3. The van der Waals surface area contributed by atoms with Gasteiger partial charge in [-0.2, -0.15) is 0 Å². The number of aromatic hydroxyl groups is 1. The number of nitrogens with zero attached hydrogens (tertiary/aromatic N) is 1. The van der Waals surface area contributed by atoms with Gasteiger partial charge < -0.3 is 10.1 Å². The smallest absolute Gasteiger partial charge is 0.258 e. The summed E-state index contributed by atoms with van der Waals surface area (Å²) in [5, 5.41) is 12.5. The van der Waals surface area contributed by atoms with E-state index in [4.69, 9.17) is 0 Å². The first-order chi connectivity index (χ1) is 12.2. The molecular weight excluding hydrogens is 314 g/mol. The van der Waals surface area contributed by atoms with Crippen molar-refractivity contribution in [3.63, 3.8) is 0 Å². The molecule has 0 saturated carbocycles. The number of H-pyrrole nitrogens is 2. The summed E-state index contributed by atoms with van der Waals surface area (Å²) in [7, 11) is 0. The number of para-hydroxylation sites is 1. The maximum atomic E-state index is 11.9. The van der Waals surface area contributed by atoms with E-state index in [-0.39, 0.29) is 11.4 Å². The molecule has 0 saturated heterocycles. The van der Waals surface area contributed by atoms with Crippen LogP contribution in [-0.2, 0) is 6.42 Å². The van der Waals surface area contributed by atoms with Crippen LogP contribution in [0.25, 0.3) is 21.7 Å². The van der Waals surface area contributed by atoms with E-state index in [1.165, 1.54) is 10.9 Å². The van der Waals surface area contributed by atoms with E-state index >= 15 is 0 Å². The summed E-state index contributed by atoms with van der Waals surface area (Å²) >= 11 is 0. The van der Waals surface area contributed by atoms with Crippen LogP contribution in [0.1, 0.15) is 11.1 Å². The molecule has 124 valence electrons. The molecule has 0 radical (unpaired) electrons. The predicted molar refractivity (Wildman–Crippen MR) is 101 cm³/mol. The molecule has 0 aliphatic rings. The molecule has 0 bridgehead atoms. The summed E-state index contributed by atoms with van der Waals surface area (Å²) in [5.41, 5.74) is 2.56. The molecule has 0 fully saturated rings. The third-order valence-electron chi connectivity index (χ3n) is 4.35. The van der Waals surface area contributed by atoms with Crippen molar-refractivity contribution < 1.29 is 5.11 Å². The Hall–Kier alpha value is -3.34. The third kappa shape index (κ3) is 2.80. The second-order valence-corrected chi connectivity index (χ2v) is 5.91. The van der Waals surface area contributed by atoms with Gasteiger partial charge in [-0.1, -0.05) is 36.4 Å². The second kappa shape index (κ2) is 6.28. The van der Waals surface area contributed by atoms with Crippen LogP contribution in [0.5, 0.6) is 5.88 Å². The SMILES string of the molecule is O=c1[nH]c(O)c(C=NCCc2c[nH]c3ccccc23)c2ccccc12. The molecule has 2 heterocycles. The van der Waals surface area contributed by atoms with Gasteiger partial charge in [-0.25, -0.2) is 0 Å². The van der Waals surface area contributed by atoms with Gasteiger partial charge in [0.1, 0.15) is 0 Å². The van der Waals surface area contributed by atoms with Crippen LogP contribution in [0, 0.1) is 0 Å². The average Bonchev–Trinajstić information content (AvgIpc) is 3.04. The molecular formula is C20H17N3O2. The van der Waals surface area contributed by atoms with Crippen molar-refractivity contribution >= 4 is 27.9 Å². The van der Waals surface area contributed by atoms with E-state index < -0.39 is 0 Å². The quantitative estimate of drug-likeness (QED) is 0.501. The molecule has 0 aliphatic heterocycles. The Labute approximate surface area is 143 Å². The van der Waals surface area contributed by atoms with Crippen LogP contribution in [0.2, 0.25) is 0 Å². The van der Waals surface area contributed by atoms with Gasteiger partial charge in [0.2, 0.25) is 5.88 Å². The lowest BCUT2D eigenvalue weighted by molar-refractivity contribution is 0.452. The number of nitrogens with one attached hydrogen (secondary N) is 2. The lowest BCUT2D eigenvalue weighted by Gasteiger charge is -2.04. The summed E-state index contributed by atoms with van der Waals surface area (Å²) in [5.74, 6) is -0.153. The van der Waals surface area contributed by atoms with Crippen molar-refractivity contribution in [2.24, 2.45) is 4.99 Å². The molecule has 5 nitrogen and oxygen atoms in total. The van der Waals surface area contributed by atoms with E-state index in [0.29, 0.717) is 22.9 Å². The van der Waals surface area contributed by atoms with Crippen LogP contribution in [0.3, 0.4) is 0 Å². The van der Waals surface area contributed by atoms with Gasteiger partial charge in [-0.05, 0) is 24.1 Å². The van der Waals surface area contributed by atoms with Crippen molar-refractivity contribution in [3.8, 4) is 5.88 Å². The number of hydrogen-bond donors (Lipinski definition) is 3. The van der Waals surface area contributed by atoms with Crippen molar-refractivity contribution in [2.75, 3.05) is 6.54 Å². The maximum absolute atomic E-state index is 11.9.